The molecular weight excluding hydrogens is 356 g/mol. The van der Waals surface area contributed by atoms with E-state index in [9.17, 15) is 9.59 Å². The van der Waals surface area contributed by atoms with Crippen molar-refractivity contribution in [2.24, 2.45) is 0 Å². The quantitative estimate of drug-likeness (QED) is 0.794. The molecule has 0 saturated carbocycles. The topological polar surface area (TPSA) is 65.1 Å². The first kappa shape index (κ1) is 20.8. The molecule has 2 saturated heterocycles. The number of anilines is 1. The fourth-order valence-electron chi connectivity index (χ4n) is 3.59. The molecule has 2 aliphatic heterocycles. The summed E-state index contributed by atoms with van der Waals surface area (Å²) in [6, 6.07) is 8.03. The lowest BCUT2D eigenvalue weighted by atomic mass is 10.0. The predicted molar refractivity (Wildman–Crippen MR) is 109 cm³/mol. The molecule has 7 heteroatoms. The Hall–Kier alpha value is -1.96. The Kier molecular flexibility index (Phi) is 7.42. The van der Waals surface area contributed by atoms with Gasteiger partial charge in [0.15, 0.2) is 0 Å². The van der Waals surface area contributed by atoms with Gasteiger partial charge in [-0.05, 0) is 23.6 Å². The Morgan fingerprint density at radius 3 is 2.29 bits per heavy atom. The van der Waals surface area contributed by atoms with E-state index in [0.717, 1.165) is 31.9 Å². The third-order valence-corrected chi connectivity index (χ3v) is 5.39. The maximum atomic E-state index is 12.4. The van der Waals surface area contributed by atoms with Gasteiger partial charge in [0, 0.05) is 45.0 Å². The first-order valence-corrected chi connectivity index (χ1v) is 10.2. The van der Waals surface area contributed by atoms with Gasteiger partial charge in [0.25, 0.3) is 0 Å². The summed E-state index contributed by atoms with van der Waals surface area (Å²) >= 11 is 0. The van der Waals surface area contributed by atoms with Gasteiger partial charge in [0.1, 0.15) is 0 Å². The molecular formula is C21H32N4O3. The van der Waals surface area contributed by atoms with Crippen LogP contribution in [-0.2, 0) is 14.3 Å². The molecule has 2 fully saturated rings. The maximum absolute atomic E-state index is 12.4. The van der Waals surface area contributed by atoms with E-state index in [1.54, 1.807) is 0 Å². The van der Waals surface area contributed by atoms with Crippen molar-refractivity contribution >= 4 is 17.5 Å². The Bertz CT molecular complexity index is 665. The van der Waals surface area contributed by atoms with Crippen LogP contribution in [0.25, 0.3) is 0 Å². The summed E-state index contributed by atoms with van der Waals surface area (Å²) in [5, 5.41) is 3.00. The van der Waals surface area contributed by atoms with Crippen molar-refractivity contribution in [2.75, 3.05) is 70.9 Å². The molecule has 3 rings (SSSR count). The van der Waals surface area contributed by atoms with Crippen molar-refractivity contribution in [1.29, 1.82) is 0 Å². The average molecular weight is 389 g/mol. The molecule has 1 N–H and O–H groups in total. The minimum atomic E-state index is 0.0127. The van der Waals surface area contributed by atoms with Gasteiger partial charge in [-0.15, -0.1) is 0 Å². The van der Waals surface area contributed by atoms with Crippen LogP contribution in [0.2, 0.25) is 0 Å². The van der Waals surface area contributed by atoms with Crippen LogP contribution in [0.5, 0.6) is 0 Å². The van der Waals surface area contributed by atoms with Gasteiger partial charge in [-0.3, -0.25) is 19.4 Å². The molecule has 154 valence electrons. The summed E-state index contributed by atoms with van der Waals surface area (Å²) in [5.41, 5.74) is 2.07. The molecule has 0 aliphatic carbocycles. The molecule has 7 nitrogen and oxygen atoms in total. The smallest absolute Gasteiger partial charge is 0.238 e. The zero-order valence-corrected chi connectivity index (χ0v) is 17.0. The van der Waals surface area contributed by atoms with E-state index in [1.165, 1.54) is 5.56 Å². The van der Waals surface area contributed by atoms with Crippen LogP contribution in [0.3, 0.4) is 0 Å². The van der Waals surface area contributed by atoms with Gasteiger partial charge in [-0.2, -0.15) is 0 Å². The highest BCUT2D eigenvalue weighted by atomic mass is 16.5. The lowest BCUT2D eigenvalue weighted by Crippen LogP contribution is -2.52. The third-order valence-electron chi connectivity index (χ3n) is 5.39. The number of hydrogen-bond donors (Lipinski definition) is 1. The summed E-state index contributed by atoms with van der Waals surface area (Å²) in [6.07, 6.45) is 0. The largest absolute Gasteiger partial charge is 0.378 e. The van der Waals surface area contributed by atoms with E-state index in [2.05, 4.69) is 35.0 Å². The van der Waals surface area contributed by atoms with Crippen LogP contribution >= 0.6 is 0 Å². The summed E-state index contributed by atoms with van der Waals surface area (Å²) in [6.45, 7) is 11.0. The minimum Gasteiger partial charge on any atom is -0.378 e. The lowest BCUT2D eigenvalue weighted by molar-refractivity contribution is -0.137. The predicted octanol–water partition coefficient (Wildman–Crippen LogP) is 1.22. The zero-order chi connectivity index (χ0) is 19.9. The molecule has 0 spiro atoms. The summed E-state index contributed by atoms with van der Waals surface area (Å²) < 4.78 is 5.30. The van der Waals surface area contributed by atoms with Crippen molar-refractivity contribution in [2.45, 2.75) is 19.8 Å². The Morgan fingerprint density at radius 1 is 1.00 bits per heavy atom. The number of piperazine rings is 1. The Labute approximate surface area is 167 Å². The number of ether oxygens (including phenoxy) is 1. The number of nitrogens with one attached hydrogen (secondary N) is 1. The molecule has 2 aliphatic rings. The van der Waals surface area contributed by atoms with Crippen molar-refractivity contribution in [3.8, 4) is 0 Å². The van der Waals surface area contributed by atoms with E-state index in [-0.39, 0.29) is 11.8 Å². The standard InChI is InChI=1S/C21H32N4O3/c1-17(2)18-4-3-5-19(14-18)22-20(26)15-23-6-8-24(9-7-23)16-21(27)25-10-12-28-13-11-25/h3-5,14,17H,6-13,15-16H2,1-2H3,(H,22,26). The second-order valence-electron chi connectivity index (χ2n) is 7.87. The second kappa shape index (κ2) is 10.0. The number of morpholine rings is 1. The van der Waals surface area contributed by atoms with Gasteiger partial charge >= 0.3 is 0 Å². The summed E-state index contributed by atoms with van der Waals surface area (Å²) in [4.78, 5) is 31.0. The minimum absolute atomic E-state index is 0.0127. The monoisotopic (exact) mass is 388 g/mol. The van der Waals surface area contributed by atoms with Crippen LogP contribution in [0.4, 0.5) is 5.69 Å². The van der Waals surface area contributed by atoms with Crippen LogP contribution in [0.1, 0.15) is 25.3 Å². The number of hydrogen-bond acceptors (Lipinski definition) is 5. The highest BCUT2D eigenvalue weighted by Crippen LogP contribution is 2.18. The van der Waals surface area contributed by atoms with Gasteiger partial charge < -0.3 is 15.0 Å². The highest BCUT2D eigenvalue weighted by Gasteiger charge is 2.23. The number of carbonyl (C=O) groups excluding carboxylic acids is 2. The van der Waals surface area contributed by atoms with Crippen LogP contribution in [0.15, 0.2) is 24.3 Å². The average Bonchev–Trinajstić information content (AvgIpc) is 2.70. The Morgan fingerprint density at radius 2 is 1.64 bits per heavy atom. The Balaban J connectivity index is 1.39. The number of benzene rings is 1. The fraction of sp³-hybridized carbons (Fsp3) is 0.619. The number of rotatable bonds is 6. The molecule has 1 aromatic carbocycles. The SMILES string of the molecule is CC(C)c1cccc(NC(=O)CN2CCN(CC(=O)N3CCOCC3)CC2)c1. The molecule has 0 unspecified atom stereocenters. The van der Waals surface area contributed by atoms with Crippen molar-refractivity contribution in [3.05, 3.63) is 29.8 Å². The van der Waals surface area contributed by atoms with Gasteiger partial charge in [-0.1, -0.05) is 26.0 Å². The molecule has 28 heavy (non-hydrogen) atoms. The van der Waals surface area contributed by atoms with E-state index in [0.29, 0.717) is 45.3 Å². The summed E-state index contributed by atoms with van der Waals surface area (Å²) in [7, 11) is 0. The molecule has 0 radical (unpaired) electrons. The normalized spacial score (nSPS) is 19.0. The van der Waals surface area contributed by atoms with Gasteiger partial charge in [0.2, 0.25) is 11.8 Å². The lowest BCUT2D eigenvalue weighted by Gasteiger charge is -2.35. The molecule has 0 bridgehead atoms. The van der Waals surface area contributed by atoms with Crippen LogP contribution in [0, 0.1) is 0 Å². The van der Waals surface area contributed by atoms with E-state index < -0.39 is 0 Å². The third kappa shape index (κ3) is 6.02. The fourth-order valence-corrected chi connectivity index (χ4v) is 3.59. The second-order valence-corrected chi connectivity index (χ2v) is 7.87. The first-order chi connectivity index (χ1) is 13.5. The zero-order valence-electron chi connectivity index (χ0n) is 17.0. The first-order valence-electron chi connectivity index (χ1n) is 10.2. The van der Waals surface area contributed by atoms with E-state index in [4.69, 9.17) is 4.74 Å². The highest BCUT2D eigenvalue weighted by molar-refractivity contribution is 5.92. The van der Waals surface area contributed by atoms with Crippen LogP contribution in [-0.4, -0.2) is 92.1 Å². The van der Waals surface area contributed by atoms with E-state index >= 15 is 0 Å². The van der Waals surface area contributed by atoms with Crippen molar-refractivity contribution in [1.82, 2.24) is 14.7 Å². The molecule has 2 amide bonds. The molecule has 2 heterocycles. The number of amides is 2. The van der Waals surface area contributed by atoms with Gasteiger partial charge in [-0.25, -0.2) is 0 Å². The van der Waals surface area contributed by atoms with E-state index in [1.807, 2.05) is 23.1 Å². The van der Waals surface area contributed by atoms with Crippen molar-refractivity contribution < 1.29 is 14.3 Å². The number of nitrogens with zero attached hydrogens (tertiary/aromatic N) is 3. The van der Waals surface area contributed by atoms with Crippen LogP contribution < -0.4 is 5.32 Å². The van der Waals surface area contributed by atoms with Gasteiger partial charge in [0.05, 0.1) is 26.3 Å². The molecule has 1 aromatic rings. The molecule has 0 atom stereocenters. The molecule has 0 aromatic heterocycles. The maximum Gasteiger partial charge on any atom is 0.238 e. The van der Waals surface area contributed by atoms with Crippen molar-refractivity contribution in [3.63, 3.8) is 0 Å². The summed E-state index contributed by atoms with van der Waals surface area (Å²) in [5.74, 6) is 0.628. The number of carbonyl (C=O) groups is 2.